The summed E-state index contributed by atoms with van der Waals surface area (Å²) in [5, 5.41) is 8.10. The van der Waals surface area contributed by atoms with E-state index < -0.39 is 11.9 Å². The molecule has 0 fully saturated rings. The second-order valence-corrected chi connectivity index (χ2v) is 8.14. The Labute approximate surface area is 202 Å². The predicted molar refractivity (Wildman–Crippen MR) is 133 cm³/mol. The molecule has 35 heavy (non-hydrogen) atoms. The van der Waals surface area contributed by atoms with Crippen molar-refractivity contribution in [2.24, 2.45) is 0 Å². The average Bonchev–Trinajstić information content (AvgIpc) is 3.27. The zero-order valence-electron chi connectivity index (χ0n) is 19.9. The first-order valence-electron chi connectivity index (χ1n) is 11.4. The largest absolute Gasteiger partial charge is 0.462 e. The zero-order valence-corrected chi connectivity index (χ0v) is 19.9. The number of carbonyl (C=O) groups excluding carboxylic acids is 3. The van der Waals surface area contributed by atoms with Crippen LogP contribution < -0.4 is 5.32 Å². The number of pyridine rings is 1. The summed E-state index contributed by atoms with van der Waals surface area (Å²) in [6.07, 6.45) is 1.33. The van der Waals surface area contributed by atoms with Crippen LogP contribution in [0.4, 0.5) is 5.82 Å². The van der Waals surface area contributed by atoms with Gasteiger partial charge in [-0.1, -0.05) is 48.5 Å². The van der Waals surface area contributed by atoms with Crippen LogP contribution in [-0.2, 0) is 9.53 Å². The van der Waals surface area contributed by atoms with Crippen LogP contribution in [0.25, 0.3) is 16.7 Å². The van der Waals surface area contributed by atoms with Crippen LogP contribution in [0.15, 0.2) is 60.8 Å². The fourth-order valence-electron chi connectivity index (χ4n) is 3.84. The molecule has 0 aliphatic rings. The summed E-state index contributed by atoms with van der Waals surface area (Å²) in [4.78, 5) is 42.6. The maximum absolute atomic E-state index is 12.8. The molecule has 0 radical (unpaired) electrons. The Kier molecular flexibility index (Phi) is 7.01. The fourth-order valence-corrected chi connectivity index (χ4v) is 3.84. The van der Waals surface area contributed by atoms with Gasteiger partial charge in [-0.3, -0.25) is 9.59 Å². The molecule has 0 spiro atoms. The number of esters is 1. The third kappa shape index (κ3) is 5.11. The van der Waals surface area contributed by atoms with E-state index in [1.807, 2.05) is 44.2 Å². The Morgan fingerprint density at radius 3 is 2.49 bits per heavy atom. The summed E-state index contributed by atoms with van der Waals surface area (Å²) in [7, 11) is 0. The van der Waals surface area contributed by atoms with Crippen LogP contribution in [-0.4, -0.2) is 39.0 Å². The molecule has 0 aliphatic carbocycles. The predicted octanol–water partition coefficient (Wildman–Crippen LogP) is 4.82. The molecule has 2 heterocycles. The SMILES string of the molecule is CCOC(=O)c1cnn(-c2cc(C)c3cccc(C)c3n2)c1NC(=O)CCC(=O)c1ccccc1. The Morgan fingerprint density at radius 1 is 0.971 bits per heavy atom. The highest BCUT2D eigenvalue weighted by Crippen LogP contribution is 2.26. The van der Waals surface area contributed by atoms with Gasteiger partial charge in [0, 0.05) is 23.8 Å². The van der Waals surface area contributed by atoms with Crippen LogP contribution in [0.3, 0.4) is 0 Å². The lowest BCUT2D eigenvalue weighted by atomic mass is 10.1. The van der Waals surface area contributed by atoms with E-state index >= 15 is 0 Å². The number of hydrogen-bond acceptors (Lipinski definition) is 6. The molecule has 4 aromatic rings. The van der Waals surface area contributed by atoms with E-state index in [2.05, 4.69) is 10.4 Å². The van der Waals surface area contributed by atoms with Gasteiger partial charge in [-0.15, -0.1) is 0 Å². The van der Waals surface area contributed by atoms with E-state index in [1.165, 1.54) is 10.9 Å². The van der Waals surface area contributed by atoms with E-state index in [0.717, 1.165) is 22.0 Å². The van der Waals surface area contributed by atoms with Crippen molar-refractivity contribution < 1.29 is 19.1 Å². The number of benzene rings is 2. The lowest BCUT2D eigenvalue weighted by Gasteiger charge is -2.13. The maximum Gasteiger partial charge on any atom is 0.343 e. The topological polar surface area (TPSA) is 103 Å². The van der Waals surface area contributed by atoms with Crippen molar-refractivity contribution in [1.82, 2.24) is 14.8 Å². The minimum absolute atomic E-state index is 0.0330. The minimum atomic E-state index is -0.608. The number of nitrogens with zero attached hydrogens (tertiary/aromatic N) is 3. The molecule has 2 aromatic heterocycles. The average molecular weight is 471 g/mol. The lowest BCUT2D eigenvalue weighted by Crippen LogP contribution is -2.19. The van der Waals surface area contributed by atoms with Gasteiger partial charge in [-0.05, 0) is 38.0 Å². The summed E-state index contributed by atoms with van der Waals surface area (Å²) < 4.78 is 6.57. The fraction of sp³-hybridized carbons (Fsp3) is 0.222. The molecule has 2 aromatic carbocycles. The molecule has 1 amide bonds. The Bertz CT molecular complexity index is 1410. The molecule has 0 bridgehead atoms. The van der Waals surface area contributed by atoms with Crippen molar-refractivity contribution >= 4 is 34.4 Å². The van der Waals surface area contributed by atoms with E-state index in [0.29, 0.717) is 11.4 Å². The van der Waals surface area contributed by atoms with Gasteiger partial charge < -0.3 is 10.1 Å². The molecule has 1 N–H and O–H groups in total. The normalized spacial score (nSPS) is 10.8. The molecule has 0 aliphatic heterocycles. The first-order valence-corrected chi connectivity index (χ1v) is 11.4. The van der Waals surface area contributed by atoms with E-state index in [-0.39, 0.29) is 36.6 Å². The minimum Gasteiger partial charge on any atom is -0.462 e. The number of Topliss-reactive ketones (excluding diaryl/α,β-unsaturated/α-hetero) is 1. The van der Waals surface area contributed by atoms with Gasteiger partial charge in [0.1, 0.15) is 5.56 Å². The molecule has 0 unspecified atom stereocenters. The molecule has 0 saturated heterocycles. The van der Waals surface area contributed by atoms with Crippen LogP contribution in [0.1, 0.15) is 51.6 Å². The van der Waals surface area contributed by atoms with Crippen LogP contribution >= 0.6 is 0 Å². The van der Waals surface area contributed by atoms with Crippen molar-refractivity contribution in [3.05, 3.63) is 83.0 Å². The highest BCUT2D eigenvalue weighted by atomic mass is 16.5. The number of carbonyl (C=O) groups is 3. The smallest absolute Gasteiger partial charge is 0.343 e. The third-order valence-electron chi connectivity index (χ3n) is 5.65. The number of ketones is 1. The standard InChI is InChI=1S/C27H26N4O4/c1-4-35-27(34)21-16-28-31(23-15-18(3)20-12-8-9-17(2)25(20)29-23)26(21)30-24(33)14-13-22(32)19-10-6-5-7-11-19/h5-12,15-16H,4,13-14H2,1-3H3,(H,30,33). The summed E-state index contributed by atoms with van der Waals surface area (Å²) in [5.41, 5.74) is 3.44. The van der Waals surface area contributed by atoms with Crippen molar-refractivity contribution in [1.29, 1.82) is 0 Å². The highest BCUT2D eigenvalue weighted by molar-refractivity contribution is 6.03. The van der Waals surface area contributed by atoms with Gasteiger partial charge in [0.05, 0.1) is 18.3 Å². The number of fused-ring (bicyclic) bond motifs is 1. The van der Waals surface area contributed by atoms with Crippen molar-refractivity contribution in [2.75, 3.05) is 11.9 Å². The molecular formula is C27H26N4O4. The summed E-state index contributed by atoms with van der Waals surface area (Å²) in [6, 6.07) is 16.6. The second kappa shape index (κ2) is 10.3. The number of amides is 1. The van der Waals surface area contributed by atoms with Crippen LogP contribution in [0, 0.1) is 13.8 Å². The zero-order chi connectivity index (χ0) is 24.9. The van der Waals surface area contributed by atoms with E-state index in [9.17, 15) is 14.4 Å². The molecule has 4 rings (SSSR count). The summed E-state index contributed by atoms with van der Waals surface area (Å²) in [6.45, 7) is 5.82. The lowest BCUT2D eigenvalue weighted by molar-refractivity contribution is -0.116. The van der Waals surface area contributed by atoms with Gasteiger partial charge in [0.2, 0.25) is 5.91 Å². The maximum atomic E-state index is 12.8. The van der Waals surface area contributed by atoms with Crippen molar-refractivity contribution in [3.8, 4) is 5.82 Å². The monoisotopic (exact) mass is 470 g/mol. The molecule has 0 atom stereocenters. The number of aromatic nitrogens is 3. The number of nitrogens with one attached hydrogen (secondary N) is 1. The molecular weight excluding hydrogens is 444 g/mol. The van der Waals surface area contributed by atoms with Gasteiger partial charge in [-0.2, -0.15) is 9.78 Å². The van der Waals surface area contributed by atoms with Crippen LogP contribution in [0.5, 0.6) is 0 Å². The number of ether oxygens (including phenoxy) is 1. The van der Waals surface area contributed by atoms with E-state index in [4.69, 9.17) is 9.72 Å². The first-order chi connectivity index (χ1) is 16.9. The summed E-state index contributed by atoms with van der Waals surface area (Å²) >= 11 is 0. The van der Waals surface area contributed by atoms with Crippen LogP contribution in [0.2, 0.25) is 0 Å². The van der Waals surface area contributed by atoms with Gasteiger partial charge >= 0.3 is 5.97 Å². The Morgan fingerprint density at radius 2 is 1.74 bits per heavy atom. The molecule has 8 heteroatoms. The van der Waals surface area contributed by atoms with Crippen molar-refractivity contribution in [3.63, 3.8) is 0 Å². The second-order valence-electron chi connectivity index (χ2n) is 8.14. The van der Waals surface area contributed by atoms with Gasteiger partial charge in [-0.25, -0.2) is 9.78 Å². The first kappa shape index (κ1) is 23.8. The quantitative estimate of drug-likeness (QED) is 0.293. The Hall–Kier alpha value is -4.33. The van der Waals surface area contributed by atoms with Gasteiger partial charge in [0.15, 0.2) is 17.4 Å². The number of hydrogen-bond donors (Lipinski definition) is 1. The highest BCUT2D eigenvalue weighted by Gasteiger charge is 2.23. The van der Waals surface area contributed by atoms with Crippen molar-refractivity contribution in [2.45, 2.75) is 33.6 Å². The summed E-state index contributed by atoms with van der Waals surface area (Å²) in [5.74, 6) is -0.559. The molecule has 178 valence electrons. The number of aryl methyl sites for hydroxylation is 2. The van der Waals surface area contributed by atoms with E-state index in [1.54, 1.807) is 31.2 Å². The molecule has 8 nitrogen and oxygen atoms in total. The van der Waals surface area contributed by atoms with Gasteiger partial charge in [0.25, 0.3) is 0 Å². The number of rotatable bonds is 8. The number of anilines is 1. The third-order valence-corrected chi connectivity index (χ3v) is 5.65. The number of para-hydroxylation sites is 1. The molecule has 0 saturated carbocycles. The Balaban J connectivity index is 1.65.